The van der Waals surface area contributed by atoms with Gasteiger partial charge in [-0.3, -0.25) is 4.90 Å². The molecule has 0 amide bonds. The van der Waals surface area contributed by atoms with Crippen LogP contribution in [0.1, 0.15) is 11.1 Å². The molecule has 0 aliphatic rings. The van der Waals surface area contributed by atoms with Crippen LogP contribution in [-0.4, -0.2) is 23.7 Å². The first-order chi connectivity index (χ1) is 12.4. The Kier molecular flexibility index (Phi) is 5.18. The van der Waals surface area contributed by atoms with Crippen LogP contribution in [0.25, 0.3) is 11.0 Å². The maximum Gasteiger partial charge on any atom is 0.387 e. The average molecular weight is 361 g/mol. The van der Waals surface area contributed by atoms with Crippen LogP contribution < -0.4 is 10.4 Å². The van der Waals surface area contributed by atoms with E-state index in [9.17, 15) is 18.7 Å². The van der Waals surface area contributed by atoms with Gasteiger partial charge in [-0.15, -0.1) is 0 Å². The van der Waals surface area contributed by atoms with Crippen molar-refractivity contribution in [3.8, 4) is 11.5 Å². The van der Waals surface area contributed by atoms with E-state index in [1.54, 1.807) is 18.2 Å². The first-order valence-corrected chi connectivity index (χ1v) is 7.89. The number of benzene rings is 2. The molecule has 26 heavy (non-hydrogen) atoms. The molecule has 0 aliphatic heterocycles. The van der Waals surface area contributed by atoms with Gasteiger partial charge in [0.15, 0.2) is 0 Å². The summed E-state index contributed by atoms with van der Waals surface area (Å²) < 4.78 is 33.8. The molecular weight excluding hydrogens is 344 g/mol. The number of alkyl halides is 2. The summed E-state index contributed by atoms with van der Waals surface area (Å²) in [6.45, 7) is -1.82. The second-order valence-electron chi connectivity index (χ2n) is 5.97. The number of phenolic OH excluding ortho intramolecular Hbond substituents is 1. The van der Waals surface area contributed by atoms with Crippen molar-refractivity contribution in [2.24, 2.45) is 0 Å². The first-order valence-electron chi connectivity index (χ1n) is 7.89. The SMILES string of the molecule is CN(Cc1ccc(OC(F)F)cc1)Cc1cc(=O)oc2cc(O)ccc12. The predicted octanol–water partition coefficient (Wildman–Crippen LogP) is 3.73. The fourth-order valence-corrected chi connectivity index (χ4v) is 2.78. The second-order valence-corrected chi connectivity index (χ2v) is 5.97. The number of halogens is 2. The molecule has 136 valence electrons. The number of hydrogen-bond acceptors (Lipinski definition) is 5. The number of aromatic hydroxyl groups is 1. The molecule has 0 radical (unpaired) electrons. The van der Waals surface area contributed by atoms with Crippen LogP contribution in [0.5, 0.6) is 11.5 Å². The van der Waals surface area contributed by atoms with Crippen LogP contribution in [0.3, 0.4) is 0 Å². The number of rotatable bonds is 6. The lowest BCUT2D eigenvalue weighted by atomic mass is 10.1. The van der Waals surface area contributed by atoms with Gasteiger partial charge < -0.3 is 14.3 Å². The van der Waals surface area contributed by atoms with E-state index in [1.165, 1.54) is 30.3 Å². The Morgan fingerprint density at radius 1 is 1.12 bits per heavy atom. The average Bonchev–Trinajstić information content (AvgIpc) is 2.55. The Morgan fingerprint density at radius 2 is 1.85 bits per heavy atom. The smallest absolute Gasteiger partial charge is 0.387 e. The van der Waals surface area contributed by atoms with Crippen molar-refractivity contribution >= 4 is 11.0 Å². The molecule has 7 heteroatoms. The third kappa shape index (κ3) is 4.37. The van der Waals surface area contributed by atoms with E-state index in [4.69, 9.17) is 4.42 Å². The molecule has 2 aromatic carbocycles. The maximum absolute atomic E-state index is 12.2. The summed E-state index contributed by atoms with van der Waals surface area (Å²) >= 11 is 0. The minimum Gasteiger partial charge on any atom is -0.508 e. The fraction of sp³-hybridized carbons (Fsp3) is 0.211. The number of nitrogens with zero attached hydrogens (tertiary/aromatic N) is 1. The number of fused-ring (bicyclic) bond motifs is 1. The predicted molar refractivity (Wildman–Crippen MR) is 92.4 cm³/mol. The van der Waals surface area contributed by atoms with Crippen molar-refractivity contribution in [3.63, 3.8) is 0 Å². The summed E-state index contributed by atoms with van der Waals surface area (Å²) in [7, 11) is 1.88. The molecule has 0 spiro atoms. The number of hydrogen-bond donors (Lipinski definition) is 1. The quantitative estimate of drug-likeness (QED) is 0.678. The van der Waals surface area contributed by atoms with E-state index < -0.39 is 12.2 Å². The summed E-state index contributed by atoms with van der Waals surface area (Å²) in [6.07, 6.45) is 0. The minimum atomic E-state index is -2.85. The van der Waals surface area contributed by atoms with Crippen LogP contribution in [0.15, 0.2) is 57.7 Å². The van der Waals surface area contributed by atoms with Gasteiger partial charge in [0.1, 0.15) is 17.1 Å². The molecule has 1 N–H and O–H groups in total. The van der Waals surface area contributed by atoms with Crippen molar-refractivity contribution in [2.75, 3.05) is 7.05 Å². The Morgan fingerprint density at radius 3 is 2.54 bits per heavy atom. The summed E-state index contributed by atoms with van der Waals surface area (Å²) in [5.41, 5.74) is 1.53. The van der Waals surface area contributed by atoms with Crippen LogP contribution >= 0.6 is 0 Å². The van der Waals surface area contributed by atoms with Crippen molar-refractivity contribution in [1.29, 1.82) is 0 Å². The minimum absolute atomic E-state index is 0.0252. The highest BCUT2D eigenvalue weighted by Gasteiger charge is 2.10. The molecule has 0 fully saturated rings. The lowest BCUT2D eigenvalue weighted by Crippen LogP contribution is -2.18. The molecule has 1 aromatic heterocycles. The van der Waals surface area contributed by atoms with E-state index in [2.05, 4.69) is 4.74 Å². The van der Waals surface area contributed by atoms with Gasteiger partial charge >= 0.3 is 12.2 Å². The van der Waals surface area contributed by atoms with E-state index in [-0.39, 0.29) is 11.5 Å². The van der Waals surface area contributed by atoms with E-state index in [0.29, 0.717) is 18.7 Å². The zero-order valence-corrected chi connectivity index (χ0v) is 14.0. The molecule has 0 aliphatic carbocycles. The van der Waals surface area contributed by atoms with Crippen molar-refractivity contribution < 1.29 is 23.0 Å². The largest absolute Gasteiger partial charge is 0.508 e. The molecule has 3 aromatic rings. The monoisotopic (exact) mass is 361 g/mol. The highest BCUT2D eigenvalue weighted by molar-refractivity contribution is 5.81. The first kappa shape index (κ1) is 17.9. The van der Waals surface area contributed by atoms with Gasteiger partial charge in [-0.05, 0) is 42.4 Å². The third-order valence-corrected chi connectivity index (χ3v) is 3.86. The normalized spacial score (nSPS) is 11.4. The highest BCUT2D eigenvalue weighted by Crippen LogP contribution is 2.23. The van der Waals surface area contributed by atoms with Crippen molar-refractivity contribution in [2.45, 2.75) is 19.7 Å². The lowest BCUT2D eigenvalue weighted by Gasteiger charge is -2.18. The third-order valence-electron chi connectivity index (χ3n) is 3.86. The standard InChI is InChI=1S/C19H17F2NO4/c1-22(10-12-2-5-15(6-3-12)25-19(20)21)11-13-8-18(24)26-17-9-14(23)4-7-16(13)17/h2-9,19,23H,10-11H2,1H3. The van der Waals surface area contributed by atoms with Crippen molar-refractivity contribution in [3.05, 3.63) is 70.1 Å². The number of ether oxygens (including phenoxy) is 1. The summed E-state index contributed by atoms with van der Waals surface area (Å²) in [6, 6.07) is 12.5. The van der Waals surface area contributed by atoms with Gasteiger partial charge in [-0.2, -0.15) is 8.78 Å². The van der Waals surface area contributed by atoms with Crippen LogP contribution in [0.2, 0.25) is 0 Å². The zero-order valence-electron chi connectivity index (χ0n) is 14.0. The van der Waals surface area contributed by atoms with Crippen molar-refractivity contribution in [1.82, 2.24) is 4.90 Å². The molecular formula is C19H17F2NO4. The van der Waals surface area contributed by atoms with Gasteiger partial charge in [0.25, 0.3) is 0 Å². The van der Waals surface area contributed by atoms with Crippen LogP contribution in [0.4, 0.5) is 8.78 Å². The van der Waals surface area contributed by atoms with Gasteiger partial charge in [0.05, 0.1) is 0 Å². The summed E-state index contributed by atoms with van der Waals surface area (Å²) in [4.78, 5) is 13.7. The molecule has 0 bridgehead atoms. The Labute approximate surface area is 148 Å². The Bertz CT molecular complexity index is 954. The van der Waals surface area contributed by atoms with Gasteiger partial charge in [-0.1, -0.05) is 12.1 Å². The summed E-state index contributed by atoms with van der Waals surface area (Å²) in [5.74, 6) is 0.134. The molecule has 3 rings (SSSR count). The molecule has 0 unspecified atom stereocenters. The maximum atomic E-state index is 12.2. The topological polar surface area (TPSA) is 62.9 Å². The molecule has 0 atom stereocenters. The summed E-state index contributed by atoms with van der Waals surface area (Å²) in [5, 5.41) is 10.3. The lowest BCUT2D eigenvalue weighted by molar-refractivity contribution is -0.0498. The Balaban J connectivity index is 1.75. The molecule has 1 heterocycles. The van der Waals surface area contributed by atoms with Crippen LogP contribution in [-0.2, 0) is 13.1 Å². The van der Waals surface area contributed by atoms with Gasteiger partial charge in [-0.25, -0.2) is 4.79 Å². The van der Waals surface area contributed by atoms with E-state index >= 15 is 0 Å². The molecule has 0 saturated heterocycles. The van der Waals surface area contributed by atoms with Crippen LogP contribution in [0, 0.1) is 0 Å². The molecule has 5 nitrogen and oxygen atoms in total. The zero-order chi connectivity index (χ0) is 18.7. The Hall–Kier alpha value is -2.93. The van der Waals surface area contributed by atoms with E-state index in [0.717, 1.165) is 16.5 Å². The number of phenols is 1. The van der Waals surface area contributed by atoms with Gasteiger partial charge in [0, 0.05) is 30.6 Å². The fourth-order valence-electron chi connectivity index (χ4n) is 2.78. The van der Waals surface area contributed by atoms with Gasteiger partial charge in [0.2, 0.25) is 0 Å². The molecule has 0 saturated carbocycles. The second kappa shape index (κ2) is 7.53. The van der Waals surface area contributed by atoms with E-state index in [1.807, 2.05) is 11.9 Å². The highest BCUT2D eigenvalue weighted by atomic mass is 19.3.